The molecule has 2 aromatic rings. The Bertz CT molecular complexity index is 732. The number of hydrogen-bond donors (Lipinski definition) is 1. The largest absolute Gasteiger partial charge is 0.355 e. The van der Waals surface area contributed by atoms with Gasteiger partial charge in [-0.25, -0.2) is 0 Å². The summed E-state index contributed by atoms with van der Waals surface area (Å²) in [6.07, 6.45) is 1.62. The standard InChI is InChI=1S/C17H20N4O2S/c1-18-16(22)13-5-3-4-12(8-13)14-10-21(7-6-20(14)2)17(23)15-9-19-11-24-15/h3-5,8-9,11,14H,6-7,10H2,1-2H3,(H,18,22)/t14-/m1/s1. The average molecular weight is 344 g/mol. The van der Waals surface area contributed by atoms with Crippen LogP contribution in [0.5, 0.6) is 0 Å². The molecule has 7 heteroatoms. The van der Waals surface area contributed by atoms with Gasteiger partial charge in [0.1, 0.15) is 4.88 Å². The number of nitrogens with one attached hydrogen (secondary N) is 1. The van der Waals surface area contributed by atoms with Crippen LogP contribution in [-0.2, 0) is 0 Å². The third kappa shape index (κ3) is 3.32. The third-order valence-electron chi connectivity index (χ3n) is 4.34. The maximum atomic E-state index is 12.6. The van der Waals surface area contributed by atoms with Gasteiger partial charge in [0.25, 0.3) is 11.8 Å². The second-order valence-electron chi connectivity index (χ2n) is 5.82. The van der Waals surface area contributed by atoms with E-state index in [-0.39, 0.29) is 17.9 Å². The highest BCUT2D eigenvalue weighted by atomic mass is 32.1. The van der Waals surface area contributed by atoms with Crippen molar-refractivity contribution in [3.8, 4) is 0 Å². The lowest BCUT2D eigenvalue weighted by Gasteiger charge is -2.39. The normalized spacial score (nSPS) is 18.4. The van der Waals surface area contributed by atoms with Gasteiger partial charge in [0.2, 0.25) is 0 Å². The Balaban J connectivity index is 1.81. The van der Waals surface area contributed by atoms with E-state index in [0.717, 1.165) is 12.1 Å². The number of benzene rings is 1. The number of nitrogens with zero attached hydrogens (tertiary/aromatic N) is 3. The van der Waals surface area contributed by atoms with E-state index in [4.69, 9.17) is 0 Å². The van der Waals surface area contributed by atoms with Gasteiger partial charge in [-0.05, 0) is 24.7 Å². The highest BCUT2D eigenvalue weighted by Gasteiger charge is 2.29. The molecule has 0 aliphatic carbocycles. The summed E-state index contributed by atoms with van der Waals surface area (Å²) >= 11 is 1.36. The van der Waals surface area contributed by atoms with E-state index in [1.807, 2.05) is 30.1 Å². The summed E-state index contributed by atoms with van der Waals surface area (Å²) in [6, 6.07) is 7.66. The fraction of sp³-hybridized carbons (Fsp3) is 0.353. The number of carbonyl (C=O) groups excluding carboxylic acids is 2. The second-order valence-corrected chi connectivity index (χ2v) is 6.70. The van der Waals surface area contributed by atoms with Crippen molar-refractivity contribution in [2.45, 2.75) is 6.04 Å². The van der Waals surface area contributed by atoms with Crippen molar-refractivity contribution in [3.63, 3.8) is 0 Å². The van der Waals surface area contributed by atoms with Crippen molar-refractivity contribution in [3.05, 3.63) is 52.0 Å². The highest BCUT2D eigenvalue weighted by Crippen LogP contribution is 2.26. The van der Waals surface area contributed by atoms with Gasteiger partial charge in [0, 0.05) is 32.2 Å². The number of amides is 2. The monoisotopic (exact) mass is 344 g/mol. The minimum Gasteiger partial charge on any atom is -0.355 e. The number of likely N-dealkylation sites (N-methyl/N-ethyl adjacent to an activating group) is 1. The van der Waals surface area contributed by atoms with Crippen LogP contribution in [0, 0.1) is 0 Å². The molecule has 1 N–H and O–H groups in total. The van der Waals surface area contributed by atoms with Crippen molar-refractivity contribution in [1.82, 2.24) is 20.1 Å². The molecule has 126 valence electrons. The van der Waals surface area contributed by atoms with Crippen LogP contribution < -0.4 is 5.32 Å². The summed E-state index contributed by atoms with van der Waals surface area (Å²) in [6.45, 7) is 2.09. The zero-order chi connectivity index (χ0) is 17.1. The fourth-order valence-corrected chi connectivity index (χ4v) is 3.51. The number of piperazine rings is 1. The molecule has 0 bridgehead atoms. The topological polar surface area (TPSA) is 65.5 Å². The molecule has 1 aromatic carbocycles. The molecule has 2 amide bonds. The van der Waals surface area contributed by atoms with Gasteiger partial charge in [0.15, 0.2) is 0 Å². The van der Waals surface area contributed by atoms with E-state index in [0.29, 0.717) is 23.5 Å². The molecule has 0 saturated carbocycles. The molecule has 1 aliphatic rings. The Kier molecular flexibility index (Phi) is 4.92. The van der Waals surface area contributed by atoms with Crippen LogP contribution in [0.2, 0.25) is 0 Å². The number of thiazole rings is 1. The van der Waals surface area contributed by atoms with Crippen LogP contribution in [0.4, 0.5) is 0 Å². The zero-order valence-electron chi connectivity index (χ0n) is 13.7. The van der Waals surface area contributed by atoms with E-state index >= 15 is 0 Å². The van der Waals surface area contributed by atoms with Crippen molar-refractivity contribution in [2.75, 3.05) is 33.7 Å². The maximum absolute atomic E-state index is 12.6. The van der Waals surface area contributed by atoms with Crippen molar-refractivity contribution < 1.29 is 9.59 Å². The molecular weight excluding hydrogens is 324 g/mol. The molecule has 1 fully saturated rings. The van der Waals surface area contributed by atoms with Crippen LogP contribution in [-0.4, -0.2) is 60.3 Å². The van der Waals surface area contributed by atoms with Gasteiger partial charge in [-0.1, -0.05) is 12.1 Å². The van der Waals surface area contributed by atoms with Gasteiger partial charge >= 0.3 is 0 Å². The van der Waals surface area contributed by atoms with Gasteiger partial charge in [-0.15, -0.1) is 11.3 Å². The third-order valence-corrected chi connectivity index (χ3v) is 5.10. The maximum Gasteiger partial charge on any atom is 0.265 e. The molecule has 0 spiro atoms. The smallest absolute Gasteiger partial charge is 0.265 e. The first-order chi connectivity index (χ1) is 11.6. The quantitative estimate of drug-likeness (QED) is 0.919. The van der Waals surface area contributed by atoms with Crippen molar-refractivity contribution in [2.24, 2.45) is 0 Å². The Morgan fingerprint density at radius 2 is 2.17 bits per heavy atom. The number of aromatic nitrogens is 1. The number of hydrogen-bond acceptors (Lipinski definition) is 5. The minimum atomic E-state index is -0.104. The van der Waals surface area contributed by atoms with Gasteiger partial charge < -0.3 is 10.2 Å². The summed E-state index contributed by atoms with van der Waals surface area (Å²) in [5, 5.41) is 2.65. The van der Waals surface area contributed by atoms with E-state index in [1.165, 1.54) is 11.3 Å². The van der Waals surface area contributed by atoms with E-state index in [9.17, 15) is 9.59 Å². The summed E-state index contributed by atoms with van der Waals surface area (Å²) in [7, 11) is 3.67. The number of carbonyl (C=O) groups is 2. The summed E-state index contributed by atoms with van der Waals surface area (Å²) in [5.41, 5.74) is 3.35. The first kappa shape index (κ1) is 16.6. The average Bonchev–Trinajstić information content (AvgIpc) is 3.15. The van der Waals surface area contributed by atoms with Crippen LogP contribution in [0.25, 0.3) is 0 Å². The molecule has 6 nitrogen and oxygen atoms in total. The molecule has 0 radical (unpaired) electrons. The predicted octanol–water partition coefficient (Wildman–Crippen LogP) is 1.63. The zero-order valence-corrected chi connectivity index (χ0v) is 14.5. The molecule has 1 atom stereocenters. The van der Waals surface area contributed by atoms with Crippen LogP contribution in [0.15, 0.2) is 36.0 Å². The Morgan fingerprint density at radius 1 is 1.33 bits per heavy atom. The molecule has 24 heavy (non-hydrogen) atoms. The van der Waals surface area contributed by atoms with E-state index in [1.54, 1.807) is 24.8 Å². The second kappa shape index (κ2) is 7.11. The van der Waals surface area contributed by atoms with Crippen LogP contribution in [0.1, 0.15) is 31.6 Å². The summed E-state index contributed by atoms with van der Waals surface area (Å²) in [5.74, 6) is -0.0778. The van der Waals surface area contributed by atoms with Crippen molar-refractivity contribution in [1.29, 1.82) is 0 Å². The van der Waals surface area contributed by atoms with Gasteiger partial charge in [0.05, 0.1) is 17.7 Å². The number of rotatable bonds is 3. The lowest BCUT2D eigenvalue weighted by Crippen LogP contribution is -2.48. The lowest BCUT2D eigenvalue weighted by atomic mass is 10.00. The lowest BCUT2D eigenvalue weighted by molar-refractivity contribution is 0.0550. The summed E-state index contributed by atoms with van der Waals surface area (Å²) < 4.78 is 0. The van der Waals surface area contributed by atoms with Gasteiger partial charge in [-0.2, -0.15) is 0 Å². The molecule has 1 saturated heterocycles. The Morgan fingerprint density at radius 3 is 2.88 bits per heavy atom. The summed E-state index contributed by atoms with van der Waals surface area (Å²) in [4.78, 5) is 33.2. The molecule has 3 rings (SSSR count). The molecule has 0 unspecified atom stereocenters. The first-order valence-electron chi connectivity index (χ1n) is 7.80. The highest BCUT2D eigenvalue weighted by molar-refractivity contribution is 7.11. The molecular formula is C17H20N4O2S. The fourth-order valence-electron chi connectivity index (χ4n) is 2.93. The van der Waals surface area contributed by atoms with E-state index in [2.05, 4.69) is 15.2 Å². The predicted molar refractivity (Wildman–Crippen MR) is 93.2 cm³/mol. The van der Waals surface area contributed by atoms with Crippen LogP contribution in [0.3, 0.4) is 0 Å². The minimum absolute atomic E-state index is 0.0260. The molecule has 2 heterocycles. The van der Waals surface area contributed by atoms with E-state index < -0.39 is 0 Å². The van der Waals surface area contributed by atoms with Gasteiger partial charge in [-0.3, -0.25) is 19.5 Å². The van der Waals surface area contributed by atoms with Crippen molar-refractivity contribution >= 4 is 23.2 Å². The Labute approximate surface area is 145 Å². The first-order valence-corrected chi connectivity index (χ1v) is 8.68. The molecule has 1 aliphatic heterocycles. The SMILES string of the molecule is CNC(=O)c1cccc([C@H]2CN(C(=O)c3cncs3)CCN2C)c1. The Hall–Kier alpha value is -2.25. The molecule has 1 aromatic heterocycles. The van der Waals surface area contributed by atoms with Crippen LogP contribution >= 0.6 is 11.3 Å².